The van der Waals surface area contributed by atoms with E-state index in [4.69, 9.17) is 4.74 Å². The van der Waals surface area contributed by atoms with E-state index < -0.39 is 5.60 Å². The molecule has 0 aliphatic carbocycles. The molecule has 21 heavy (non-hydrogen) atoms. The van der Waals surface area contributed by atoms with Gasteiger partial charge in [0.2, 0.25) is 0 Å². The summed E-state index contributed by atoms with van der Waals surface area (Å²) in [6.07, 6.45) is 1.84. The molecule has 1 aromatic rings. The number of carbonyl (C=O) groups is 1. The number of benzene rings is 1. The first-order valence-corrected chi connectivity index (χ1v) is 7.27. The molecule has 1 saturated heterocycles. The van der Waals surface area contributed by atoms with Gasteiger partial charge < -0.3 is 14.7 Å². The van der Waals surface area contributed by atoms with Gasteiger partial charge >= 0.3 is 0 Å². The maximum Gasteiger partial charge on any atom is 0.266 e. The van der Waals surface area contributed by atoms with Gasteiger partial charge in [0.25, 0.3) is 5.91 Å². The number of nitrogens with zero attached hydrogens (tertiary/aromatic N) is 1. The van der Waals surface area contributed by atoms with Gasteiger partial charge in [-0.2, -0.15) is 0 Å². The molecule has 1 N–H and O–H groups in total. The van der Waals surface area contributed by atoms with Gasteiger partial charge in [-0.3, -0.25) is 4.79 Å². The Kier molecular flexibility index (Phi) is 4.83. The number of ether oxygens (including phenoxy) is 1. The number of aliphatic hydroxyl groups excluding tert-OH is 1. The molecule has 1 unspecified atom stereocenters. The third-order valence-corrected chi connectivity index (χ3v) is 3.77. The molecule has 1 aromatic carbocycles. The van der Waals surface area contributed by atoms with Crippen LogP contribution in [0.15, 0.2) is 24.3 Å². The zero-order valence-electron chi connectivity index (χ0n) is 12.5. The van der Waals surface area contributed by atoms with Crippen molar-refractivity contribution in [3.63, 3.8) is 0 Å². The van der Waals surface area contributed by atoms with E-state index in [1.54, 1.807) is 18.7 Å². The summed E-state index contributed by atoms with van der Waals surface area (Å²) in [5.74, 6) is 0.160. The lowest BCUT2D eigenvalue weighted by Gasteiger charge is -2.37. The highest BCUT2D eigenvalue weighted by molar-refractivity contribution is 5.85. The zero-order chi connectivity index (χ0) is 15.5. The van der Waals surface area contributed by atoms with Crippen LogP contribution in [0.2, 0.25) is 0 Å². The van der Waals surface area contributed by atoms with Crippen molar-refractivity contribution in [2.45, 2.75) is 32.3 Å². The average Bonchev–Trinajstić information content (AvgIpc) is 2.48. The summed E-state index contributed by atoms with van der Waals surface area (Å²) in [6.45, 7) is 4.77. The molecule has 1 heterocycles. The molecule has 0 spiro atoms. The predicted octanol–water partition coefficient (Wildman–Crippen LogP) is 2.21. The van der Waals surface area contributed by atoms with Crippen LogP contribution in [-0.4, -0.2) is 41.2 Å². The van der Waals surface area contributed by atoms with Gasteiger partial charge in [-0.05, 0) is 56.9 Å². The molecule has 0 aromatic heterocycles. The predicted molar refractivity (Wildman–Crippen MR) is 77.5 cm³/mol. The van der Waals surface area contributed by atoms with E-state index in [1.165, 1.54) is 24.3 Å². The van der Waals surface area contributed by atoms with Crippen LogP contribution in [0.3, 0.4) is 0 Å². The Bertz CT molecular complexity index is 487. The molecule has 0 radical (unpaired) electrons. The zero-order valence-corrected chi connectivity index (χ0v) is 12.5. The maximum atomic E-state index is 12.9. The molecule has 1 fully saturated rings. The first kappa shape index (κ1) is 15.8. The summed E-state index contributed by atoms with van der Waals surface area (Å²) in [4.78, 5) is 14.3. The molecule has 0 bridgehead atoms. The highest BCUT2D eigenvalue weighted by atomic mass is 19.1. The molecule has 1 aliphatic rings. The Morgan fingerprint density at radius 1 is 1.43 bits per heavy atom. The Hall–Kier alpha value is -1.62. The van der Waals surface area contributed by atoms with Crippen LogP contribution >= 0.6 is 0 Å². The number of carbonyl (C=O) groups excluding carboxylic acids is 1. The van der Waals surface area contributed by atoms with Crippen LogP contribution in [0.1, 0.15) is 26.7 Å². The highest BCUT2D eigenvalue weighted by Gasteiger charge is 2.36. The van der Waals surface area contributed by atoms with Crippen molar-refractivity contribution < 1.29 is 19.0 Å². The number of aliphatic hydroxyl groups is 1. The fourth-order valence-electron chi connectivity index (χ4n) is 2.62. The van der Waals surface area contributed by atoms with Gasteiger partial charge in [-0.1, -0.05) is 0 Å². The number of rotatable bonds is 4. The molecule has 2 rings (SSSR count). The molecular formula is C16H22FNO3. The summed E-state index contributed by atoms with van der Waals surface area (Å²) in [7, 11) is 0. The lowest BCUT2D eigenvalue weighted by Crippen LogP contribution is -2.52. The quantitative estimate of drug-likeness (QED) is 0.926. The van der Waals surface area contributed by atoms with E-state index in [2.05, 4.69) is 0 Å². The van der Waals surface area contributed by atoms with Gasteiger partial charge in [0.15, 0.2) is 5.60 Å². The van der Waals surface area contributed by atoms with Crippen LogP contribution in [0, 0.1) is 11.7 Å². The van der Waals surface area contributed by atoms with Crippen LogP contribution in [0.5, 0.6) is 5.75 Å². The second kappa shape index (κ2) is 6.43. The van der Waals surface area contributed by atoms with E-state index in [0.717, 1.165) is 12.8 Å². The molecule has 4 nitrogen and oxygen atoms in total. The summed E-state index contributed by atoms with van der Waals surface area (Å²) < 4.78 is 18.6. The van der Waals surface area contributed by atoms with Gasteiger partial charge in [0, 0.05) is 19.7 Å². The topological polar surface area (TPSA) is 49.8 Å². The first-order valence-electron chi connectivity index (χ1n) is 7.27. The SMILES string of the molecule is CC(C)(Oc1ccc(F)cc1)C(=O)N1CCCC(CO)C1. The van der Waals surface area contributed by atoms with E-state index in [-0.39, 0.29) is 24.2 Å². The molecule has 1 atom stereocenters. The molecule has 1 amide bonds. The molecular weight excluding hydrogens is 273 g/mol. The average molecular weight is 295 g/mol. The van der Waals surface area contributed by atoms with Crippen LogP contribution < -0.4 is 4.74 Å². The van der Waals surface area contributed by atoms with Crippen molar-refractivity contribution in [1.82, 2.24) is 4.90 Å². The van der Waals surface area contributed by atoms with Crippen LogP contribution in [-0.2, 0) is 4.79 Å². The van der Waals surface area contributed by atoms with Crippen molar-refractivity contribution in [2.75, 3.05) is 19.7 Å². The van der Waals surface area contributed by atoms with Crippen molar-refractivity contribution in [3.8, 4) is 5.75 Å². The number of halogens is 1. The van der Waals surface area contributed by atoms with Crippen LogP contribution in [0.4, 0.5) is 4.39 Å². The normalized spacial score (nSPS) is 19.4. The third kappa shape index (κ3) is 3.94. The lowest BCUT2D eigenvalue weighted by molar-refractivity contribution is -0.147. The maximum absolute atomic E-state index is 12.9. The second-order valence-corrected chi connectivity index (χ2v) is 6.01. The number of hydrogen-bond acceptors (Lipinski definition) is 3. The smallest absolute Gasteiger partial charge is 0.266 e. The van der Waals surface area contributed by atoms with Gasteiger partial charge in [0.1, 0.15) is 11.6 Å². The van der Waals surface area contributed by atoms with Gasteiger partial charge in [-0.15, -0.1) is 0 Å². The van der Waals surface area contributed by atoms with Crippen molar-refractivity contribution >= 4 is 5.91 Å². The van der Waals surface area contributed by atoms with Gasteiger partial charge in [0.05, 0.1) is 0 Å². The van der Waals surface area contributed by atoms with Gasteiger partial charge in [-0.25, -0.2) is 4.39 Å². The number of amides is 1. The van der Waals surface area contributed by atoms with Crippen molar-refractivity contribution in [1.29, 1.82) is 0 Å². The molecule has 5 heteroatoms. The minimum atomic E-state index is -1.02. The monoisotopic (exact) mass is 295 g/mol. The van der Waals surface area contributed by atoms with E-state index in [9.17, 15) is 14.3 Å². The lowest BCUT2D eigenvalue weighted by atomic mass is 9.97. The van der Waals surface area contributed by atoms with E-state index >= 15 is 0 Å². The molecule has 0 saturated carbocycles. The summed E-state index contributed by atoms with van der Waals surface area (Å²) in [5.41, 5.74) is -1.02. The fourth-order valence-corrected chi connectivity index (χ4v) is 2.62. The first-order chi connectivity index (χ1) is 9.92. The Morgan fingerprint density at radius 3 is 2.71 bits per heavy atom. The van der Waals surface area contributed by atoms with E-state index in [0.29, 0.717) is 18.8 Å². The summed E-state index contributed by atoms with van der Waals surface area (Å²) in [5, 5.41) is 9.25. The van der Waals surface area contributed by atoms with Crippen molar-refractivity contribution in [2.24, 2.45) is 5.92 Å². The Morgan fingerprint density at radius 2 is 2.10 bits per heavy atom. The number of piperidine rings is 1. The fraction of sp³-hybridized carbons (Fsp3) is 0.562. The largest absolute Gasteiger partial charge is 0.478 e. The second-order valence-electron chi connectivity index (χ2n) is 6.01. The minimum absolute atomic E-state index is 0.100. The van der Waals surface area contributed by atoms with Crippen molar-refractivity contribution in [3.05, 3.63) is 30.1 Å². The molecule has 1 aliphatic heterocycles. The number of likely N-dealkylation sites (tertiary alicyclic amines) is 1. The third-order valence-electron chi connectivity index (χ3n) is 3.77. The Balaban J connectivity index is 2.03. The standard InChI is InChI=1S/C16H22FNO3/c1-16(2,21-14-7-5-13(17)6-8-14)15(20)18-9-3-4-12(10-18)11-19/h5-8,12,19H,3-4,9-11H2,1-2H3. The highest BCUT2D eigenvalue weighted by Crippen LogP contribution is 2.24. The summed E-state index contributed by atoms with van der Waals surface area (Å²) in [6, 6.07) is 5.63. The molecule has 116 valence electrons. The minimum Gasteiger partial charge on any atom is -0.478 e. The number of hydrogen-bond donors (Lipinski definition) is 1. The Labute approximate surface area is 124 Å². The van der Waals surface area contributed by atoms with Crippen LogP contribution in [0.25, 0.3) is 0 Å². The van der Waals surface area contributed by atoms with E-state index in [1.807, 2.05) is 0 Å². The summed E-state index contributed by atoms with van der Waals surface area (Å²) >= 11 is 0.